The van der Waals surface area contributed by atoms with Crippen LogP contribution in [0.25, 0.3) is 0 Å². The van der Waals surface area contributed by atoms with Crippen molar-refractivity contribution in [3.8, 4) is 0 Å². The molecule has 0 saturated heterocycles. The van der Waals surface area contributed by atoms with Crippen molar-refractivity contribution in [1.29, 1.82) is 0 Å². The second-order valence-corrected chi connectivity index (χ2v) is 9.84. The molecule has 45 heavy (non-hydrogen) atoms. The van der Waals surface area contributed by atoms with Crippen LogP contribution in [0.2, 0.25) is 0 Å². The number of carbonyl (C=O) groups excluding carboxylic acids is 4. The molecular weight excluding hydrogens is 615 g/mol. The summed E-state index contributed by atoms with van der Waals surface area (Å²) in [4.78, 5) is 54.3. The van der Waals surface area contributed by atoms with E-state index in [-0.39, 0.29) is 50.6 Å². The number of rotatable bonds is 6. The molecule has 6 rings (SSSR count). The van der Waals surface area contributed by atoms with E-state index in [2.05, 4.69) is 31.0 Å². The third-order valence-electron chi connectivity index (χ3n) is 6.67. The van der Waals surface area contributed by atoms with Gasteiger partial charge in [0.05, 0.1) is 33.9 Å². The van der Waals surface area contributed by atoms with Crippen LogP contribution in [0, 0.1) is 13.8 Å². The number of nitrogens with one attached hydrogen (secondary N) is 2. The maximum Gasteiger partial charge on any atom is 0.215 e. The van der Waals surface area contributed by atoms with E-state index >= 15 is 0 Å². The molecule has 0 amide bonds. The Kier molecular flexibility index (Phi) is 10.5. The van der Waals surface area contributed by atoms with Crippen LogP contribution < -0.4 is 10.9 Å². The molecule has 2 N–H and O–H groups in total. The van der Waals surface area contributed by atoms with Crippen molar-refractivity contribution >= 4 is 46.9 Å². The van der Waals surface area contributed by atoms with Gasteiger partial charge in [-0.25, -0.2) is 0 Å². The molecule has 2 aliphatic rings. The normalized spacial score (nSPS) is 14.9. The van der Waals surface area contributed by atoms with E-state index in [1.807, 2.05) is 62.4 Å². The van der Waals surface area contributed by atoms with Crippen LogP contribution in [-0.2, 0) is 26.1 Å². The Hall–Kier alpha value is -5.67. The third-order valence-corrected chi connectivity index (χ3v) is 6.67. The first kappa shape index (κ1) is 32.3. The minimum Gasteiger partial charge on any atom is -0.298 e. The van der Waals surface area contributed by atoms with Crippen LogP contribution in [0.5, 0.6) is 0 Å². The van der Waals surface area contributed by atoms with E-state index in [9.17, 15) is 19.2 Å². The van der Waals surface area contributed by atoms with Crippen LogP contribution >= 0.6 is 0 Å². The molecule has 0 spiro atoms. The summed E-state index contributed by atoms with van der Waals surface area (Å²) < 4.78 is 0. The number of hydrogen-bond acceptors (Lipinski definition) is 10. The molecule has 0 unspecified atom stereocenters. The smallest absolute Gasteiger partial charge is 0.215 e. The fourth-order valence-corrected chi connectivity index (χ4v) is 4.31. The fraction of sp³-hybridized carbons (Fsp3) is 0.0588. The molecule has 0 atom stereocenters. The molecule has 0 saturated carbocycles. The predicted octanol–water partition coefficient (Wildman–Crippen LogP) is 5.05. The summed E-state index contributed by atoms with van der Waals surface area (Å²) in [5.74, 6) is -0.750. The molecule has 0 bridgehead atoms. The summed E-state index contributed by atoms with van der Waals surface area (Å²) in [5, 5.41) is 8.59. The van der Waals surface area contributed by atoms with Crippen molar-refractivity contribution in [3.05, 3.63) is 142 Å². The Morgan fingerprint density at radius 3 is 1.33 bits per heavy atom. The van der Waals surface area contributed by atoms with Gasteiger partial charge in [0.15, 0.2) is 12.6 Å². The largest absolute Gasteiger partial charge is 0.298 e. The van der Waals surface area contributed by atoms with Gasteiger partial charge in [-0.15, -0.1) is 0 Å². The van der Waals surface area contributed by atoms with Crippen molar-refractivity contribution in [2.45, 2.75) is 13.8 Å². The summed E-state index contributed by atoms with van der Waals surface area (Å²) in [7, 11) is 0. The van der Waals surface area contributed by atoms with Crippen LogP contribution in [0.1, 0.15) is 43.2 Å². The number of benzene rings is 2. The van der Waals surface area contributed by atoms with E-state index in [1.54, 1.807) is 24.3 Å². The van der Waals surface area contributed by atoms with Gasteiger partial charge in [-0.3, -0.25) is 40.0 Å². The third kappa shape index (κ3) is 7.47. The summed E-state index contributed by atoms with van der Waals surface area (Å²) in [6, 6.07) is 22.5. The molecule has 0 fully saturated rings. The number of allylic oxidation sites excluding steroid dienone is 4. The molecular formula is C34H26N6NiO4. The van der Waals surface area contributed by atoms with Gasteiger partial charge in [0.25, 0.3) is 0 Å². The number of anilines is 2. The second-order valence-electron chi connectivity index (χ2n) is 9.84. The van der Waals surface area contributed by atoms with Gasteiger partial charge in [-0.2, -0.15) is 10.2 Å². The SMILES string of the molecule is Cc1ccc(N/N=C2/C=C(C=O)C(=O)c3ncccc32)cc1.Cc1ccc(N/N=C2/C=C(C=O)C(=O)c3ncccc32)cc1.[Ni]. The van der Waals surface area contributed by atoms with Crippen LogP contribution in [0.15, 0.2) is 119 Å². The van der Waals surface area contributed by atoms with Crippen molar-refractivity contribution < 1.29 is 35.7 Å². The fourth-order valence-electron chi connectivity index (χ4n) is 4.31. The molecule has 10 nitrogen and oxygen atoms in total. The van der Waals surface area contributed by atoms with Crippen molar-refractivity contribution in [3.63, 3.8) is 0 Å². The molecule has 2 heterocycles. The Morgan fingerprint density at radius 2 is 0.978 bits per heavy atom. The minimum absolute atomic E-state index is 0. The number of aromatic nitrogens is 2. The van der Waals surface area contributed by atoms with Crippen LogP contribution in [-0.4, -0.2) is 45.5 Å². The summed E-state index contributed by atoms with van der Waals surface area (Å²) in [6.07, 6.45) is 7.05. The quantitative estimate of drug-likeness (QED) is 0.129. The van der Waals surface area contributed by atoms with Gasteiger partial charge < -0.3 is 0 Å². The van der Waals surface area contributed by atoms with Crippen molar-refractivity contribution in [1.82, 2.24) is 9.97 Å². The first-order valence-electron chi connectivity index (χ1n) is 13.5. The average molecular weight is 641 g/mol. The number of Topliss-reactive ketones (excluding diaryl/α,β-unsaturated/α-hetero) is 2. The van der Waals surface area contributed by atoms with Gasteiger partial charge in [0.2, 0.25) is 11.6 Å². The summed E-state index contributed by atoms with van der Waals surface area (Å²) >= 11 is 0. The van der Waals surface area contributed by atoms with Gasteiger partial charge >= 0.3 is 0 Å². The topological polar surface area (TPSA) is 143 Å². The predicted molar refractivity (Wildman–Crippen MR) is 168 cm³/mol. The van der Waals surface area contributed by atoms with Crippen molar-refractivity contribution in [2.75, 3.05) is 10.9 Å². The summed E-state index contributed by atoms with van der Waals surface area (Å²) in [6.45, 7) is 4.01. The second kappa shape index (κ2) is 14.7. The molecule has 2 aliphatic carbocycles. The van der Waals surface area contributed by atoms with Gasteiger partial charge in [-0.05, 0) is 74.5 Å². The molecule has 11 heteroatoms. The number of nitrogens with zero attached hydrogens (tertiary/aromatic N) is 4. The zero-order chi connectivity index (χ0) is 31.1. The van der Waals surface area contributed by atoms with Gasteiger partial charge in [0, 0.05) is 40.0 Å². The zero-order valence-corrected chi connectivity index (χ0v) is 25.1. The Bertz CT molecular complexity index is 1760. The number of aldehydes is 2. The zero-order valence-electron chi connectivity index (χ0n) is 24.1. The number of hydrogen-bond donors (Lipinski definition) is 2. The number of fused-ring (bicyclic) bond motifs is 2. The molecule has 226 valence electrons. The molecule has 0 aliphatic heterocycles. The first-order chi connectivity index (χ1) is 21.4. The number of carbonyl (C=O) groups is 4. The van der Waals surface area contributed by atoms with E-state index in [1.165, 1.54) is 24.5 Å². The summed E-state index contributed by atoms with van der Waals surface area (Å²) in [5.41, 5.74) is 12.6. The van der Waals surface area contributed by atoms with Gasteiger partial charge in [-0.1, -0.05) is 35.4 Å². The van der Waals surface area contributed by atoms with Crippen molar-refractivity contribution in [2.24, 2.45) is 10.2 Å². The minimum atomic E-state index is -0.375. The van der Waals surface area contributed by atoms with Crippen LogP contribution in [0.4, 0.5) is 11.4 Å². The Balaban J connectivity index is 0.000000200. The maximum absolute atomic E-state index is 12.1. The number of ketones is 2. The molecule has 2 aromatic heterocycles. The van der Waals surface area contributed by atoms with E-state index in [4.69, 9.17) is 0 Å². The van der Waals surface area contributed by atoms with E-state index in [0.717, 1.165) is 22.5 Å². The number of pyridine rings is 2. The number of hydrazone groups is 2. The number of aryl methyl sites for hydroxylation is 2. The monoisotopic (exact) mass is 640 g/mol. The van der Waals surface area contributed by atoms with Gasteiger partial charge in [0.1, 0.15) is 11.4 Å². The Labute approximate surface area is 269 Å². The standard InChI is InChI=1S/2C17H13N3O2.Ni/c2*1-11-4-6-13(7-5-11)19-20-15-9-12(10-21)17(22)16-14(15)3-2-8-18-16;/h2*2-10,19H,1H3;/b2*20-15-;. The Morgan fingerprint density at radius 1 is 0.600 bits per heavy atom. The molecule has 4 aromatic rings. The average Bonchev–Trinajstić information content (AvgIpc) is 3.06. The van der Waals surface area contributed by atoms with Crippen LogP contribution in [0.3, 0.4) is 0 Å². The molecule has 0 radical (unpaired) electrons. The first-order valence-corrected chi connectivity index (χ1v) is 13.5. The van der Waals surface area contributed by atoms with E-state index in [0.29, 0.717) is 35.1 Å². The molecule has 2 aromatic carbocycles. The van der Waals surface area contributed by atoms with E-state index < -0.39 is 0 Å². The maximum atomic E-state index is 12.1.